The van der Waals surface area contributed by atoms with Crippen LogP contribution in [0.1, 0.15) is 42.6 Å². The lowest BCUT2D eigenvalue weighted by atomic mass is 10.1. The van der Waals surface area contributed by atoms with Gasteiger partial charge in [0.25, 0.3) is 0 Å². The van der Waals surface area contributed by atoms with Crippen LogP contribution < -0.4 is 15.6 Å². The highest BCUT2D eigenvalue weighted by atomic mass is 35.5. The van der Waals surface area contributed by atoms with E-state index in [0.717, 1.165) is 12.7 Å². The lowest BCUT2D eigenvalue weighted by molar-refractivity contribution is 0.0694. The van der Waals surface area contributed by atoms with Crippen molar-refractivity contribution < 1.29 is 23.1 Å². The number of hydrogen-bond donors (Lipinski definition) is 2. The third kappa shape index (κ3) is 3.65. The van der Waals surface area contributed by atoms with Crippen LogP contribution in [0, 0.1) is 23.4 Å². The first-order valence-corrected chi connectivity index (χ1v) is 9.79. The molecule has 6 nitrogen and oxygen atoms in total. The van der Waals surface area contributed by atoms with E-state index >= 15 is 4.39 Å². The van der Waals surface area contributed by atoms with E-state index in [1.54, 1.807) is 0 Å². The van der Waals surface area contributed by atoms with Crippen LogP contribution in [0.25, 0.3) is 10.9 Å². The summed E-state index contributed by atoms with van der Waals surface area (Å²) < 4.78 is 46.7. The van der Waals surface area contributed by atoms with E-state index < -0.39 is 45.5 Å². The van der Waals surface area contributed by atoms with Crippen LogP contribution in [-0.2, 0) is 0 Å². The Morgan fingerprint density at radius 2 is 1.90 bits per heavy atom. The van der Waals surface area contributed by atoms with E-state index in [-0.39, 0.29) is 29.9 Å². The quantitative estimate of drug-likeness (QED) is 0.667. The van der Waals surface area contributed by atoms with Crippen LogP contribution in [0.15, 0.2) is 11.0 Å². The molecular weight excluding hydrogens is 423 g/mol. The molecule has 1 aromatic heterocycles. The molecule has 30 heavy (non-hydrogen) atoms. The van der Waals surface area contributed by atoms with Crippen LogP contribution in [0.2, 0.25) is 0 Å². The number of aromatic carboxylic acids is 1. The molecule has 0 spiro atoms. The number of nitrogens with zero attached hydrogens (tertiary/aromatic N) is 2. The minimum atomic E-state index is -1.55. The summed E-state index contributed by atoms with van der Waals surface area (Å²) in [5.41, 5.74) is -2.74. The van der Waals surface area contributed by atoms with Gasteiger partial charge in [-0.25, -0.2) is 18.0 Å². The summed E-state index contributed by atoms with van der Waals surface area (Å²) in [4.78, 5) is 25.4. The number of rotatable bonds is 6. The van der Waals surface area contributed by atoms with Gasteiger partial charge in [-0.2, -0.15) is 0 Å². The second-order valence-corrected chi connectivity index (χ2v) is 7.74. The maximum atomic E-state index is 15.5. The van der Waals surface area contributed by atoms with E-state index in [0.29, 0.717) is 38.9 Å². The van der Waals surface area contributed by atoms with Crippen molar-refractivity contribution in [2.24, 2.45) is 5.92 Å². The number of aromatic nitrogens is 1. The lowest BCUT2D eigenvalue weighted by Gasteiger charge is -2.23. The van der Waals surface area contributed by atoms with Crippen LogP contribution in [0.3, 0.4) is 0 Å². The average molecular weight is 446 g/mol. The zero-order valence-corrected chi connectivity index (χ0v) is 17.2. The predicted octanol–water partition coefficient (Wildman–Crippen LogP) is 3.31. The molecule has 4 rings (SSSR count). The van der Waals surface area contributed by atoms with E-state index in [4.69, 9.17) is 0 Å². The zero-order chi connectivity index (χ0) is 20.9. The Morgan fingerprint density at radius 1 is 1.20 bits per heavy atom. The number of carbonyl (C=O) groups is 1. The van der Waals surface area contributed by atoms with Gasteiger partial charge in [0.05, 0.1) is 10.9 Å². The number of carboxylic acids is 1. The van der Waals surface area contributed by atoms with Crippen molar-refractivity contribution in [3.63, 3.8) is 0 Å². The van der Waals surface area contributed by atoms with Gasteiger partial charge in [-0.05, 0) is 38.3 Å². The monoisotopic (exact) mass is 445 g/mol. The Bertz CT molecular complexity index is 1060. The summed E-state index contributed by atoms with van der Waals surface area (Å²) in [5, 5.41) is 11.6. The summed E-state index contributed by atoms with van der Waals surface area (Å²) in [6.07, 6.45) is 3.06. The summed E-state index contributed by atoms with van der Waals surface area (Å²) >= 11 is 0. The number of carboxylic acid groups (broad SMARTS) is 1. The van der Waals surface area contributed by atoms with Gasteiger partial charge in [0.1, 0.15) is 11.3 Å². The highest BCUT2D eigenvalue weighted by Gasteiger charge is 2.35. The summed E-state index contributed by atoms with van der Waals surface area (Å²) in [7, 11) is 0. The van der Waals surface area contributed by atoms with E-state index in [1.165, 1.54) is 9.47 Å². The third-order valence-corrected chi connectivity index (χ3v) is 5.73. The molecule has 2 aromatic rings. The molecule has 2 N–H and O–H groups in total. The first-order valence-electron chi connectivity index (χ1n) is 9.79. The fourth-order valence-corrected chi connectivity index (χ4v) is 4.10. The molecule has 0 bridgehead atoms. The molecule has 0 radical (unpaired) electrons. The maximum Gasteiger partial charge on any atom is 0.341 e. The predicted molar refractivity (Wildman–Crippen MR) is 109 cm³/mol. The molecular formula is C20H23ClF3N3O3. The SMILES string of the molecule is CCNCC1CCN(c2c(F)c(F)c3c(=O)c(C(=O)O)cn(C4CC4)c3c2F)C1.Cl. The van der Waals surface area contributed by atoms with Gasteiger partial charge in [0.2, 0.25) is 5.43 Å². The summed E-state index contributed by atoms with van der Waals surface area (Å²) in [5.74, 6) is -5.33. The number of nitrogens with one attached hydrogen (secondary N) is 1. The van der Waals surface area contributed by atoms with E-state index in [9.17, 15) is 23.5 Å². The van der Waals surface area contributed by atoms with Crippen molar-refractivity contribution in [3.8, 4) is 0 Å². The van der Waals surface area contributed by atoms with Gasteiger partial charge in [-0.15, -0.1) is 12.4 Å². The molecule has 1 saturated heterocycles. The van der Waals surface area contributed by atoms with Gasteiger partial charge in [-0.3, -0.25) is 4.79 Å². The molecule has 1 saturated carbocycles. The maximum absolute atomic E-state index is 15.5. The summed E-state index contributed by atoms with van der Waals surface area (Å²) in [6.45, 7) is 4.18. The molecule has 164 valence electrons. The molecule has 1 aliphatic carbocycles. The Labute approximate surface area is 177 Å². The van der Waals surface area contributed by atoms with Crippen molar-refractivity contribution >= 4 is 35.0 Å². The fraction of sp³-hybridized carbons (Fsp3) is 0.500. The first-order chi connectivity index (χ1) is 13.8. The zero-order valence-electron chi connectivity index (χ0n) is 16.4. The normalized spacial score (nSPS) is 18.7. The van der Waals surface area contributed by atoms with Gasteiger partial charge < -0.3 is 19.9 Å². The Kier molecular flexibility index (Phi) is 6.33. The molecule has 2 fully saturated rings. The highest BCUT2D eigenvalue weighted by Crippen LogP contribution is 2.41. The Hall–Kier alpha value is -2.26. The number of halogens is 4. The van der Waals surface area contributed by atoms with Crippen LogP contribution in [0.5, 0.6) is 0 Å². The molecule has 2 aliphatic rings. The van der Waals surface area contributed by atoms with Crippen molar-refractivity contribution in [2.75, 3.05) is 31.1 Å². The number of benzene rings is 1. The van der Waals surface area contributed by atoms with Crippen molar-refractivity contribution in [3.05, 3.63) is 39.4 Å². The minimum Gasteiger partial charge on any atom is -0.477 e. The lowest BCUT2D eigenvalue weighted by Crippen LogP contribution is -2.28. The van der Waals surface area contributed by atoms with E-state index in [2.05, 4.69) is 5.32 Å². The van der Waals surface area contributed by atoms with E-state index in [1.807, 2.05) is 6.92 Å². The molecule has 1 aromatic carbocycles. The number of anilines is 1. The van der Waals surface area contributed by atoms with Gasteiger partial charge in [0, 0.05) is 25.3 Å². The van der Waals surface area contributed by atoms with Crippen molar-refractivity contribution in [1.29, 1.82) is 0 Å². The second kappa shape index (κ2) is 8.47. The first kappa shape index (κ1) is 22.4. The highest BCUT2D eigenvalue weighted by molar-refractivity contribution is 5.94. The molecule has 2 heterocycles. The minimum absolute atomic E-state index is 0. The molecule has 0 amide bonds. The number of hydrogen-bond acceptors (Lipinski definition) is 4. The largest absolute Gasteiger partial charge is 0.477 e. The molecule has 1 atom stereocenters. The molecule has 10 heteroatoms. The van der Waals surface area contributed by atoms with Crippen molar-refractivity contribution in [2.45, 2.75) is 32.2 Å². The van der Waals surface area contributed by atoms with Crippen LogP contribution >= 0.6 is 12.4 Å². The average Bonchev–Trinajstić information content (AvgIpc) is 3.43. The topological polar surface area (TPSA) is 74.6 Å². The standard InChI is InChI=1S/C20H22F3N3O3.ClH/c1-2-24-7-10-5-6-25(8-10)18-15(22)14(21)13-17(16(18)23)26(11-3-4-11)9-12(19(13)27)20(28)29;/h9-11,24H,2-8H2,1H3,(H,28,29);1H. The fourth-order valence-electron chi connectivity index (χ4n) is 4.10. The number of pyridine rings is 1. The van der Waals surface area contributed by atoms with Gasteiger partial charge >= 0.3 is 5.97 Å². The Balaban J connectivity index is 0.00000256. The molecule has 1 aliphatic heterocycles. The van der Waals surface area contributed by atoms with Gasteiger partial charge in [-0.1, -0.05) is 6.92 Å². The summed E-state index contributed by atoms with van der Waals surface area (Å²) in [6, 6.07) is -0.233. The smallest absolute Gasteiger partial charge is 0.341 e. The molecule has 1 unspecified atom stereocenters. The van der Waals surface area contributed by atoms with Gasteiger partial charge in [0.15, 0.2) is 17.5 Å². The van der Waals surface area contributed by atoms with Crippen LogP contribution in [-0.4, -0.2) is 41.8 Å². The van der Waals surface area contributed by atoms with Crippen LogP contribution in [0.4, 0.5) is 18.9 Å². The number of fused-ring (bicyclic) bond motifs is 1. The Morgan fingerprint density at radius 3 is 2.50 bits per heavy atom. The second-order valence-electron chi connectivity index (χ2n) is 7.74. The third-order valence-electron chi connectivity index (χ3n) is 5.73. The van der Waals surface area contributed by atoms with Crippen molar-refractivity contribution in [1.82, 2.24) is 9.88 Å².